The van der Waals surface area contributed by atoms with Crippen molar-refractivity contribution in [1.82, 2.24) is 9.97 Å². The van der Waals surface area contributed by atoms with E-state index in [4.69, 9.17) is 17.3 Å². The van der Waals surface area contributed by atoms with Gasteiger partial charge in [0, 0.05) is 23.1 Å². The molecule has 0 spiro atoms. The van der Waals surface area contributed by atoms with Gasteiger partial charge in [0.15, 0.2) is 5.82 Å². The molecule has 1 heterocycles. The molecule has 2 aromatic rings. The third kappa shape index (κ3) is 4.11. The summed E-state index contributed by atoms with van der Waals surface area (Å²) in [5, 5.41) is 3.86. The SMILES string of the molecule is Nc1nccnc1SCC(=O)Nc1cccc(Cl)c1. The molecule has 0 aliphatic heterocycles. The van der Waals surface area contributed by atoms with Gasteiger partial charge in [-0.3, -0.25) is 4.79 Å². The zero-order valence-corrected chi connectivity index (χ0v) is 11.4. The van der Waals surface area contributed by atoms with Crippen molar-refractivity contribution in [3.63, 3.8) is 0 Å². The smallest absolute Gasteiger partial charge is 0.234 e. The van der Waals surface area contributed by atoms with Crippen molar-refractivity contribution in [2.45, 2.75) is 5.03 Å². The zero-order chi connectivity index (χ0) is 13.7. The van der Waals surface area contributed by atoms with Crippen molar-refractivity contribution in [3.05, 3.63) is 41.7 Å². The van der Waals surface area contributed by atoms with Crippen molar-refractivity contribution in [1.29, 1.82) is 0 Å². The normalized spacial score (nSPS) is 10.2. The first-order valence-corrected chi connectivity index (χ1v) is 6.76. The number of nitrogens with zero attached hydrogens (tertiary/aromatic N) is 2. The topological polar surface area (TPSA) is 80.9 Å². The van der Waals surface area contributed by atoms with E-state index in [0.29, 0.717) is 21.6 Å². The lowest BCUT2D eigenvalue weighted by Gasteiger charge is -2.05. The van der Waals surface area contributed by atoms with E-state index in [1.165, 1.54) is 24.2 Å². The number of nitrogen functional groups attached to an aromatic ring is 1. The van der Waals surface area contributed by atoms with Crippen LogP contribution in [0.1, 0.15) is 0 Å². The summed E-state index contributed by atoms with van der Waals surface area (Å²) in [7, 11) is 0. The van der Waals surface area contributed by atoms with Crippen molar-refractivity contribution >= 4 is 40.8 Å². The van der Waals surface area contributed by atoms with Gasteiger partial charge in [-0.2, -0.15) is 0 Å². The summed E-state index contributed by atoms with van der Waals surface area (Å²) in [6.45, 7) is 0. The number of aromatic nitrogens is 2. The molecular formula is C12H11ClN4OS. The molecule has 0 saturated heterocycles. The van der Waals surface area contributed by atoms with E-state index in [1.54, 1.807) is 24.3 Å². The molecule has 7 heteroatoms. The van der Waals surface area contributed by atoms with Gasteiger partial charge in [0.2, 0.25) is 5.91 Å². The maximum absolute atomic E-state index is 11.7. The van der Waals surface area contributed by atoms with Gasteiger partial charge in [0.1, 0.15) is 5.03 Å². The molecule has 98 valence electrons. The molecule has 0 atom stereocenters. The van der Waals surface area contributed by atoms with Crippen LogP contribution in [0.5, 0.6) is 0 Å². The third-order valence-electron chi connectivity index (χ3n) is 2.14. The van der Waals surface area contributed by atoms with Crippen LogP contribution in [0.3, 0.4) is 0 Å². The van der Waals surface area contributed by atoms with Gasteiger partial charge < -0.3 is 11.1 Å². The molecule has 0 radical (unpaired) electrons. The minimum atomic E-state index is -0.155. The van der Waals surface area contributed by atoms with E-state index in [-0.39, 0.29) is 11.7 Å². The largest absolute Gasteiger partial charge is 0.381 e. The zero-order valence-electron chi connectivity index (χ0n) is 9.84. The first-order chi connectivity index (χ1) is 9.15. The summed E-state index contributed by atoms with van der Waals surface area (Å²) in [4.78, 5) is 19.7. The van der Waals surface area contributed by atoms with Gasteiger partial charge in [-0.15, -0.1) is 0 Å². The van der Waals surface area contributed by atoms with Gasteiger partial charge in [0.05, 0.1) is 5.75 Å². The van der Waals surface area contributed by atoms with Gasteiger partial charge in [-0.25, -0.2) is 9.97 Å². The number of carbonyl (C=O) groups is 1. The van der Waals surface area contributed by atoms with E-state index < -0.39 is 0 Å². The van der Waals surface area contributed by atoms with Crippen LogP contribution in [0.25, 0.3) is 0 Å². The Bertz CT molecular complexity index is 593. The van der Waals surface area contributed by atoms with Crippen LogP contribution in [0.4, 0.5) is 11.5 Å². The molecule has 19 heavy (non-hydrogen) atoms. The Balaban J connectivity index is 1.90. The quantitative estimate of drug-likeness (QED) is 0.847. The molecule has 0 bridgehead atoms. The molecule has 0 unspecified atom stereocenters. The number of amides is 1. The molecular weight excluding hydrogens is 284 g/mol. The van der Waals surface area contributed by atoms with E-state index in [2.05, 4.69) is 15.3 Å². The summed E-state index contributed by atoms with van der Waals surface area (Å²) in [5.74, 6) is 0.371. The highest BCUT2D eigenvalue weighted by atomic mass is 35.5. The Labute approximate surface area is 119 Å². The summed E-state index contributed by atoms with van der Waals surface area (Å²) in [6.07, 6.45) is 3.04. The number of rotatable bonds is 4. The van der Waals surface area contributed by atoms with Gasteiger partial charge >= 0.3 is 0 Å². The fraction of sp³-hybridized carbons (Fsp3) is 0.0833. The molecule has 1 aromatic heterocycles. The number of nitrogens with two attached hydrogens (primary N) is 1. The second kappa shape index (κ2) is 6.40. The average Bonchev–Trinajstić information content (AvgIpc) is 2.38. The number of benzene rings is 1. The van der Waals surface area contributed by atoms with Crippen LogP contribution in [0.2, 0.25) is 5.02 Å². The molecule has 0 fully saturated rings. The summed E-state index contributed by atoms with van der Waals surface area (Å²) in [6, 6.07) is 6.96. The van der Waals surface area contributed by atoms with Gasteiger partial charge in [0.25, 0.3) is 0 Å². The lowest BCUT2D eigenvalue weighted by Crippen LogP contribution is -2.14. The highest BCUT2D eigenvalue weighted by Gasteiger charge is 2.07. The van der Waals surface area contributed by atoms with Crippen molar-refractivity contribution in [2.75, 3.05) is 16.8 Å². The molecule has 0 aliphatic carbocycles. The molecule has 0 aliphatic rings. The number of halogens is 1. The van der Waals surface area contributed by atoms with E-state index in [0.717, 1.165) is 0 Å². The Kier molecular flexibility index (Phi) is 4.59. The maximum atomic E-state index is 11.7. The monoisotopic (exact) mass is 294 g/mol. The third-order valence-corrected chi connectivity index (χ3v) is 3.37. The van der Waals surface area contributed by atoms with Gasteiger partial charge in [-0.05, 0) is 18.2 Å². The van der Waals surface area contributed by atoms with Gasteiger partial charge in [-0.1, -0.05) is 29.4 Å². The van der Waals surface area contributed by atoms with E-state index in [1.807, 2.05) is 0 Å². The Morgan fingerprint density at radius 2 is 2.16 bits per heavy atom. The lowest BCUT2D eigenvalue weighted by atomic mass is 10.3. The first-order valence-electron chi connectivity index (χ1n) is 5.40. The van der Waals surface area contributed by atoms with Crippen molar-refractivity contribution in [3.8, 4) is 0 Å². The van der Waals surface area contributed by atoms with E-state index >= 15 is 0 Å². The maximum Gasteiger partial charge on any atom is 0.234 e. The van der Waals surface area contributed by atoms with Crippen molar-refractivity contribution in [2.24, 2.45) is 0 Å². The minimum Gasteiger partial charge on any atom is -0.381 e. The Hall–Kier alpha value is -1.79. The molecule has 3 N–H and O–H groups in total. The van der Waals surface area contributed by atoms with Crippen LogP contribution < -0.4 is 11.1 Å². The number of carbonyl (C=O) groups excluding carboxylic acids is 1. The number of thioether (sulfide) groups is 1. The standard InChI is InChI=1S/C12H11ClN4OS/c13-8-2-1-3-9(6-8)17-10(18)7-19-12-11(14)15-4-5-16-12/h1-6H,7H2,(H2,14,15)(H,17,18). The average molecular weight is 295 g/mol. The number of hydrogen-bond donors (Lipinski definition) is 2. The van der Waals surface area contributed by atoms with Crippen LogP contribution in [0, 0.1) is 0 Å². The molecule has 0 saturated carbocycles. The predicted octanol–water partition coefficient (Wildman–Crippen LogP) is 2.44. The number of anilines is 2. The lowest BCUT2D eigenvalue weighted by molar-refractivity contribution is -0.113. The summed E-state index contributed by atoms with van der Waals surface area (Å²) >= 11 is 7.07. The molecule has 2 rings (SSSR count). The Morgan fingerprint density at radius 1 is 1.37 bits per heavy atom. The second-order valence-corrected chi connectivity index (χ2v) is 4.99. The molecule has 1 aromatic carbocycles. The van der Waals surface area contributed by atoms with Crippen molar-refractivity contribution < 1.29 is 4.79 Å². The highest BCUT2D eigenvalue weighted by molar-refractivity contribution is 8.00. The number of hydrogen-bond acceptors (Lipinski definition) is 5. The Morgan fingerprint density at radius 3 is 2.89 bits per heavy atom. The van der Waals surface area contributed by atoms with E-state index in [9.17, 15) is 4.79 Å². The minimum absolute atomic E-state index is 0.155. The summed E-state index contributed by atoms with van der Waals surface area (Å²) < 4.78 is 0. The van der Waals surface area contributed by atoms with Crippen LogP contribution >= 0.6 is 23.4 Å². The fourth-order valence-corrected chi connectivity index (χ4v) is 2.21. The van der Waals surface area contributed by atoms with Crippen LogP contribution in [0.15, 0.2) is 41.7 Å². The predicted molar refractivity (Wildman–Crippen MR) is 77.3 cm³/mol. The molecule has 1 amide bonds. The second-order valence-electron chi connectivity index (χ2n) is 3.59. The van der Waals surface area contributed by atoms with Crippen LogP contribution in [-0.2, 0) is 4.79 Å². The highest BCUT2D eigenvalue weighted by Crippen LogP contribution is 2.20. The number of nitrogens with one attached hydrogen (secondary N) is 1. The first kappa shape index (κ1) is 13.6. The summed E-state index contributed by atoms with van der Waals surface area (Å²) in [5.41, 5.74) is 6.29. The molecule has 5 nitrogen and oxygen atoms in total. The van der Waals surface area contributed by atoms with Crippen LogP contribution in [-0.4, -0.2) is 21.6 Å². The fourth-order valence-electron chi connectivity index (χ4n) is 1.34.